The smallest absolute Gasteiger partial charge is 0.163 e. The van der Waals surface area contributed by atoms with Crippen LogP contribution in [0.5, 0.6) is 5.75 Å². The van der Waals surface area contributed by atoms with Crippen molar-refractivity contribution >= 4 is 5.69 Å². The van der Waals surface area contributed by atoms with Crippen LogP contribution in [0.3, 0.4) is 0 Å². The summed E-state index contributed by atoms with van der Waals surface area (Å²) in [7, 11) is 0. The molecule has 0 fully saturated rings. The molecule has 0 aliphatic rings. The molecule has 0 N–H and O–H groups in total. The van der Waals surface area contributed by atoms with Gasteiger partial charge in [0.15, 0.2) is 5.60 Å². The van der Waals surface area contributed by atoms with Crippen molar-refractivity contribution in [3.63, 3.8) is 0 Å². The number of ether oxygens (including phenoxy) is 1. The average Bonchev–Trinajstić information content (AvgIpc) is 2.28. The van der Waals surface area contributed by atoms with E-state index >= 15 is 0 Å². The van der Waals surface area contributed by atoms with Crippen LogP contribution in [0.2, 0.25) is 0 Å². The van der Waals surface area contributed by atoms with Crippen molar-refractivity contribution in [1.82, 2.24) is 0 Å². The maximum Gasteiger partial charge on any atom is 0.163 e. The molecule has 0 radical (unpaired) electrons. The molecule has 0 amide bonds. The van der Waals surface area contributed by atoms with Gasteiger partial charge in [-0.3, -0.25) is 0 Å². The van der Waals surface area contributed by atoms with Crippen molar-refractivity contribution in [3.8, 4) is 24.2 Å². The number of nitroso groups, excluding NO2 is 1. The molecule has 16 heavy (non-hydrogen) atoms. The lowest BCUT2D eigenvalue weighted by Gasteiger charge is -2.20. The van der Waals surface area contributed by atoms with Crippen molar-refractivity contribution < 1.29 is 4.74 Å². The molecular formula is C12H10N2O2. The van der Waals surface area contributed by atoms with E-state index in [1.165, 1.54) is 18.2 Å². The van der Waals surface area contributed by atoms with E-state index in [0.717, 1.165) is 0 Å². The van der Waals surface area contributed by atoms with Crippen LogP contribution in [0.15, 0.2) is 23.4 Å². The monoisotopic (exact) mass is 214 g/mol. The Labute approximate surface area is 93.8 Å². The van der Waals surface area contributed by atoms with E-state index in [0.29, 0.717) is 5.56 Å². The first-order valence-corrected chi connectivity index (χ1v) is 4.56. The fourth-order valence-corrected chi connectivity index (χ4v) is 1.05. The van der Waals surface area contributed by atoms with Gasteiger partial charge in [0.2, 0.25) is 0 Å². The molecule has 0 saturated carbocycles. The maximum absolute atomic E-state index is 10.4. The van der Waals surface area contributed by atoms with E-state index < -0.39 is 5.60 Å². The van der Waals surface area contributed by atoms with Crippen LogP contribution in [-0.2, 0) is 0 Å². The molecule has 0 unspecified atom stereocenters. The Bertz CT molecular complexity index is 493. The minimum atomic E-state index is -0.840. The second-order valence-corrected chi connectivity index (χ2v) is 3.64. The first kappa shape index (κ1) is 11.7. The van der Waals surface area contributed by atoms with E-state index in [-0.39, 0.29) is 11.4 Å². The summed E-state index contributed by atoms with van der Waals surface area (Å²) >= 11 is 0. The lowest BCUT2D eigenvalue weighted by Crippen LogP contribution is -2.25. The van der Waals surface area contributed by atoms with Gasteiger partial charge >= 0.3 is 0 Å². The van der Waals surface area contributed by atoms with Crippen LogP contribution < -0.4 is 4.74 Å². The van der Waals surface area contributed by atoms with E-state index in [2.05, 4.69) is 11.1 Å². The van der Waals surface area contributed by atoms with E-state index in [4.69, 9.17) is 16.4 Å². The molecule has 0 atom stereocenters. The molecule has 0 spiro atoms. The number of benzene rings is 1. The topological polar surface area (TPSA) is 62.4 Å². The van der Waals surface area contributed by atoms with Crippen molar-refractivity contribution in [2.45, 2.75) is 19.4 Å². The molecule has 4 heteroatoms. The zero-order valence-corrected chi connectivity index (χ0v) is 9.02. The minimum absolute atomic E-state index is 0.196. The molecule has 1 aromatic rings. The largest absolute Gasteiger partial charge is 0.474 e. The predicted molar refractivity (Wildman–Crippen MR) is 60.2 cm³/mol. The summed E-state index contributed by atoms with van der Waals surface area (Å²) in [5.41, 5.74) is -0.329. The third-order valence-corrected chi connectivity index (χ3v) is 1.90. The van der Waals surface area contributed by atoms with Gasteiger partial charge in [0.25, 0.3) is 0 Å². The Hall–Kier alpha value is -2.33. The number of nitriles is 1. The Kier molecular flexibility index (Phi) is 3.27. The molecule has 0 aliphatic heterocycles. The number of rotatable bonds is 3. The Morgan fingerprint density at radius 1 is 1.50 bits per heavy atom. The van der Waals surface area contributed by atoms with Gasteiger partial charge in [-0.1, -0.05) is 5.92 Å². The van der Waals surface area contributed by atoms with Crippen LogP contribution in [-0.4, -0.2) is 5.60 Å². The lowest BCUT2D eigenvalue weighted by molar-refractivity contribution is 0.172. The molecular weight excluding hydrogens is 204 g/mol. The van der Waals surface area contributed by atoms with Gasteiger partial charge in [0.05, 0.1) is 5.56 Å². The third kappa shape index (κ3) is 2.59. The van der Waals surface area contributed by atoms with Gasteiger partial charge in [-0.15, -0.1) is 11.3 Å². The zero-order valence-electron chi connectivity index (χ0n) is 9.02. The summed E-state index contributed by atoms with van der Waals surface area (Å²) in [6.07, 6.45) is 5.27. The van der Waals surface area contributed by atoms with Crippen molar-refractivity contribution in [3.05, 3.63) is 28.7 Å². The molecule has 0 bridgehead atoms. The number of hydrogen-bond donors (Lipinski definition) is 0. The Morgan fingerprint density at radius 2 is 2.19 bits per heavy atom. The maximum atomic E-state index is 10.4. The lowest BCUT2D eigenvalue weighted by atomic mass is 10.1. The second-order valence-electron chi connectivity index (χ2n) is 3.64. The average molecular weight is 214 g/mol. The summed E-state index contributed by atoms with van der Waals surface area (Å²) in [6.45, 7) is 3.38. The number of hydrogen-bond acceptors (Lipinski definition) is 4. The van der Waals surface area contributed by atoms with Crippen LogP contribution in [0.25, 0.3) is 0 Å². The highest BCUT2D eigenvalue weighted by Gasteiger charge is 2.18. The molecule has 0 saturated heterocycles. The van der Waals surface area contributed by atoms with Crippen molar-refractivity contribution in [2.24, 2.45) is 5.18 Å². The highest BCUT2D eigenvalue weighted by Crippen LogP contribution is 2.27. The number of nitrogens with zero attached hydrogens (tertiary/aromatic N) is 2. The summed E-state index contributed by atoms with van der Waals surface area (Å²) in [6, 6.07) is 6.27. The normalized spacial score (nSPS) is 10.0. The molecule has 1 aromatic carbocycles. The van der Waals surface area contributed by atoms with Crippen molar-refractivity contribution in [1.29, 1.82) is 5.26 Å². The van der Waals surface area contributed by atoms with Gasteiger partial charge in [-0.05, 0) is 31.2 Å². The van der Waals surface area contributed by atoms with Gasteiger partial charge in [0, 0.05) is 6.07 Å². The van der Waals surface area contributed by atoms with E-state index in [1.54, 1.807) is 13.8 Å². The standard InChI is InChI=1S/C12H10N2O2/c1-4-12(2,3)16-11-7-10(14-15)6-5-9(11)8-13/h1,5-7H,2-3H3. The summed E-state index contributed by atoms with van der Waals surface area (Å²) in [5, 5.41) is 11.6. The fourth-order valence-electron chi connectivity index (χ4n) is 1.05. The van der Waals surface area contributed by atoms with Gasteiger partial charge in [-0.2, -0.15) is 5.26 Å². The summed E-state index contributed by atoms with van der Waals surface area (Å²) in [5.74, 6) is 2.70. The highest BCUT2D eigenvalue weighted by molar-refractivity contribution is 5.52. The van der Waals surface area contributed by atoms with Crippen molar-refractivity contribution in [2.75, 3.05) is 0 Å². The minimum Gasteiger partial charge on any atom is -0.474 e. The van der Waals surface area contributed by atoms with Crippen LogP contribution in [0, 0.1) is 28.6 Å². The molecule has 4 nitrogen and oxygen atoms in total. The van der Waals surface area contributed by atoms with Gasteiger partial charge in [-0.25, -0.2) is 0 Å². The SMILES string of the molecule is C#CC(C)(C)Oc1cc(N=O)ccc1C#N. The van der Waals surface area contributed by atoms with E-state index in [1.807, 2.05) is 6.07 Å². The first-order chi connectivity index (χ1) is 7.52. The van der Waals surface area contributed by atoms with Crippen LogP contribution in [0.4, 0.5) is 5.69 Å². The molecule has 0 aliphatic carbocycles. The predicted octanol–water partition coefficient (Wildman–Crippen LogP) is 2.75. The summed E-state index contributed by atoms with van der Waals surface area (Å²) in [4.78, 5) is 10.4. The molecule has 80 valence electrons. The number of terminal acetylenes is 1. The van der Waals surface area contributed by atoms with E-state index in [9.17, 15) is 4.91 Å². The first-order valence-electron chi connectivity index (χ1n) is 4.56. The Balaban J connectivity index is 3.17. The molecule has 0 heterocycles. The van der Waals surface area contributed by atoms with Gasteiger partial charge in [0.1, 0.15) is 17.5 Å². The molecule has 1 rings (SSSR count). The van der Waals surface area contributed by atoms with Crippen LogP contribution in [0.1, 0.15) is 19.4 Å². The highest BCUT2D eigenvalue weighted by atomic mass is 16.5. The summed E-state index contributed by atoms with van der Waals surface area (Å²) < 4.78 is 5.46. The third-order valence-electron chi connectivity index (χ3n) is 1.90. The second kappa shape index (κ2) is 4.46. The Morgan fingerprint density at radius 3 is 2.69 bits per heavy atom. The zero-order chi connectivity index (χ0) is 12.2. The fraction of sp³-hybridized carbons (Fsp3) is 0.250. The quantitative estimate of drug-likeness (QED) is 0.574. The van der Waals surface area contributed by atoms with Gasteiger partial charge < -0.3 is 4.74 Å². The van der Waals surface area contributed by atoms with Crippen LogP contribution >= 0.6 is 0 Å². The molecule has 0 aromatic heterocycles.